The summed E-state index contributed by atoms with van der Waals surface area (Å²) in [6.45, 7) is 1.47. The van der Waals surface area contributed by atoms with Gasteiger partial charge >= 0.3 is 0 Å². The molecule has 5 nitrogen and oxygen atoms in total. The van der Waals surface area contributed by atoms with Crippen LogP contribution in [0.2, 0.25) is 0 Å². The molecule has 6 heteroatoms. The summed E-state index contributed by atoms with van der Waals surface area (Å²) >= 11 is 1.17. The number of nitro benzene ring substituents is 1. The topological polar surface area (TPSA) is 73.1 Å². The zero-order valence-electron chi connectivity index (χ0n) is 10.1. The van der Waals surface area contributed by atoms with Gasteiger partial charge in [-0.1, -0.05) is 23.9 Å². The highest BCUT2D eigenvalue weighted by atomic mass is 32.2. The molecule has 0 atom stereocenters. The third-order valence-corrected chi connectivity index (χ3v) is 3.42. The zero-order chi connectivity index (χ0) is 13.8. The molecule has 0 aliphatic heterocycles. The molecular formula is C13H10N2O3S. The molecule has 1 aromatic heterocycles. The number of hydrogen-bond acceptors (Lipinski definition) is 5. The van der Waals surface area contributed by atoms with Gasteiger partial charge in [-0.05, 0) is 25.1 Å². The average molecular weight is 274 g/mol. The molecule has 0 unspecified atom stereocenters. The monoisotopic (exact) mass is 274 g/mol. The van der Waals surface area contributed by atoms with Crippen LogP contribution in [0.5, 0.6) is 0 Å². The molecule has 1 aromatic carbocycles. The lowest BCUT2D eigenvalue weighted by Gasteiger charge is -2.03. The lowest BCUT2D eigenvalue weighted by molar-refractivity contribution is -0.387. The molecule has 0 fully saturated rings. The van der Waals surface area contributed by atoms with Crippen molar-refractivity contribution in [3.05, 3.63) is 58.3 Å². The van der Waals surface area contributed by atoms with Crippen molar-refractivity contribution in [2.24, 2.45) is 0 Å². The van der Waals surface area contributed by atoms with Crippen molar-refractivity contribution in [1.29, 1.82) is 0 Å². The van der Waals surface area contributed by atoms with Gasteiger partial charge in [0.15, 0.2) is 5.78 Å². The van der Waals surface area contributed by atoms with Crippen molar-refractivity contribution in [1.82, 2.24) is 4.98 Å². The highest BCUT2D eigenvalue weighted by molar-refractivity contribution is 7.99. The minimum absolute atomic E-state index is 0.0301. The van der Waals surface area contributed by atoms with Crippen LogP contribution < -0.4 is 0 Å². The van der Waals surface area contributed by atoms with Gasteiger partial charge in [-0.2, -0.15) is 0 Å². The van der Waals surface area contributed by atoms with Crippen molar-refractivity contribution < 1.29 is 9.72 Å². The van der Waals surface area contributed by atoms with E-state index in [4.69, 9.17) is 0 Å². The first-order valence-electron chi connectivity index (χ1n) is 5.46. The van der Waals surface area contributed by atoms with E-state index in [1.165, 1.54) is 30.9 Å². The van der Waals surface area contributed by atoms with Crippen LogP contribution in [-0.2, 0) is 0 Å². The van der Waals surface area contributed by atoms with Crippen molar-refractivity contribution in [3.8, 4) is 0 Å². The number of nitro groups is 1. The molecule has 0 amide bonds. The van der Waals surface area contributed by atoms with Crippen molar-refractivity contribution in [2.45, 2.75) is 16.8 Å². The normalized spacial score (nSPS) is 10.2. The van der Waals surface area contributed by atoms with E-state index in [1.807, 2.05) is 0 Å². The maximum Gasteiger partial charge on any atom is 0.283 e. The minimum Gasteiger partial charge on any atom is -0.295 e. The van der Waals surface area contributed by atoms with Crippen LogP contribution in [-0.4, -0.2) is 15.7 Å². The molecule has 2 aromatic rings. The Morgan fingerprint density at radius 1 is 1.32 bits per heavy atom. The van der Waals surface area contributed by atoms with E-state index in [2.05, 4.69) is 4.98 Å². The van der Waals surface area contributed by atoms with E-state index in [0.717, 1.165) is 0 Å². The number of benzene rings is 1. The molecule has 1 heterocycles. The molecule has 0 saturated heterocycles. The van der Waals surface area contributed by atoms with E-state index in [9.17, 15) is 14.9 Å². The summed E-state index contributed by atoms with van der Waals surface area (Å²) in [5, 5.41) is 11.5. The maximum absolute atomic E-state index is 11.3. The van der Waals surface area contributed by atoms with Gasteiger partial charge < -0.3 is 0 Å². The fourth-order valence-electron chi connectivity index (χ4n) is 1.49. The second kappa shape index (κ2) is 5.62. The number of nitrogens with zero attached hydrogens (tertiary/aromatic N) is 2. The van der Waals surface area contributed by atoms with Crippen molar-refractivity contribution in [2.75, 3.05) is 0 Å². The molecular weight excluding hydrogens is 264 g/mol. The summed E-state index contributed by atoms with van der Waals surface area (Å²) in [6.07, 6.45) is 1.52. The highest BCUT2D eigenvalue weighted by Crippen LogP contribution is 2.33. The Morgan fingerprint density at radius 2 is 2.05 bits per heavy atom. The zero-order valence-corrected chi connectivity index (χ0v) is 10.9. The summed E-state index contributed by atoms with van der Waals surface area (Å²) < 4.78 is 0. The van der Waals surface area contributed by atoms with Crippen LogP contribution in [0.25, 0.3) is 0 Å². The standard InChI is InChI=1S/C13H10N2O3S/c1-9(16)10-6-7-14-13(8-10)19-12-5-3-2-4-11(12)15(17)18/h2-8H,1H3. The van der Waals surface area contributed by atoms with E-state index in [-0.39, 0.29) is 11.5 Å². The lowest BCUT2D eigenvalue weighted by atomic mass is 10.2. The van der Waals surface area contributed by atoms with Crippen molar-refractivity contribution >= 4 is 23.2 Å². The van der Waals surface area contributed by atoms with Crippen LogP contribution in [0.15, 0.2) is 52.5 Å². The molecule has 0 N–H and O–H groups in total. The molecule has 0 aliphatic rings. The van der Waals surface area contributed by atoms with Crippen LogP contribution >= 0.6 is 11.8 Å². The van der Waals surface area contributed by atoms with Gasteiger partial charge in [0.2, 0.25) is 0 Å². The number of carbonyl (C=O) groups is 1. The third kappa shape index (κ3) is 3.17. The van der Waals surface area contributed by atoms with Crippen LogP contribution in [0.4, 0.5) is 5.69 Å². The Bertz CT molecular complexity index is 643. The Morgan fingerprint density at radius 3 is 2.74 bits per heavy atom. The summed E-state index contributed by atoms with van der Waals surface area (Å²) in [7, 11) is 0. The van der Waals surface area contributed by atoms with Gasteiger partial charge in [0, 0.05) is 17.8 Å². The van der Waals surface area contributed by atoms with E-state index in [0.29, 0.717) is 15.5 Å². The maximum atomic E-state index is 11.3. The number of para-hydroxylation sites is 1. The van der Waals surface area contributed by atoms with Crippen LogP contribution in [0.1, 0.15) is 17.3 Å². The van der Waals surface area contributed by atoms with Crippen LogP contribution in [0, 0.1) is 10.1 Å². The molecule has 0 saturated carbocycles. The molecule has 2 rings (SSSR count). The average Bonchev–Trinajstić information content (AvgIpc) is 2.39. The molecule has 19 heavy (non-hydrogen) atoms. The lowest BCUT2D eigenvalue weighted by Crippen LogP contribution is -1.94. The molecule has 0 spiro atoms. The van der Waals surface area contributed by atoms with Crippen molar-refractivity contribution in [3.63, 3.8) is 0 Å². The quantitative estimate of drug-likeness (QED) is 0.485. The highest BCUT2D eigenvalue weighted by Gasteiger charge is 2.14. The van der Waals surface area contributed by atoms with Gasteiger partial charge in [0.05, 0.1) is 9.82 Å². The fraction of sp³-hybridized carbons (Fsp3) is 0.0769. The first-order chi connectivity index (χ1) is 9.08. The second-order valence-corrected chi connectivity index (χ2v) is 4.83. The summed E-state index contributed by atoms with van der Waals surface area (Å²) in [5.74, 6) is -0.0631. The van der Waals surface area contributed by atoms with Gasteiger partial charge in [0.1, 0.15) is 5.03 Å². The molecule has 0 aliphatic carbocycles. The van der Waals surface area contributed by atoms with Gasteiger partial charge in [0.25, 0.3) is 5.69 Å². The summed E-state index contributed by atoms with van der Waals surface area (Å²) in [5.41, 5.74) is 0.568. The van der Waals surface area contributed by atoms with E-state index >= 15 is 0 Å². The molecule has 96 valence electrons. The molecule has 0 radical (unpaired) electrons. The predicted molar refractivity (Wildman–Crippen MR) is 71.5 cm³/mol. The van der Waals surface area contributed by atoms with E-state index in [1.54, 1.807) is 30.3 Å². The summed E-state index contributed by atoms with van der Waals surface area (Å²) in [6, 6.07) is 9.68. The van der Waals surface area contributed by atoms with Crippen LogP contribution in [0.3, 0.4) is 0 Å². The molecule has 0 bridgehead atoms. The van der Waals surface area contributed by atoms with Gasteiger partial charge in [-0.25, -0.2) is 4.98 Å². The Labute approximate surface area is 113 Å². The number of aromatic nitrogens is 1. The first kappa shape index (κ1) is 13.2. The Hall–Kier alpha value is -2.21. The first-order valence-corrected chi connectivity index (χ1v) is 6.28. The Kier molecular flexibility index (Phi) is 3.91. The van der Waals surface area contributed by atoms with E-state index < -0.39 is 4.92 Å². The largest absolute Gasteiger partial charge is 0.295 e. The Balaban J connectivity index is 2.34. The van der Waals surface area contributed by atoms with Gasteiger partial charge in [-0.15, -0.1) is 0 Å². The second-order valence-electron chi connectivity index (χ2n) is 3.77. The number of Topliss-reactive ketones (excluding diaryl/α,β-unsaturated/α-hetero) is 1. The number of rotatable bonds is 4. The number of carbonyl (C=O) groups excluding carboxylic acids is 1. The third-order valence-electron chi connectivity index (χ3n) is 2.42. The SMILES string of the molecule is CC(=O)c1ccnc(Sc2ccccc2[N+](=O)[O-])c1. The van der Waals surface area contributed by atoms with Gasteiger partial charge in [-0.3, -0.25) is 14.9 Å². The predicted octanol–water partition coefficient (Wildman–Crippen LogP) is 3.34. The smallest absolute Gasteiger partial charge is 0.283 e. The minimum atomic E-state index is -0.433. The number of pyridine rings is 1. The number of ketones is 1. The summed E-state index contributed by atoms with van der Waals surface area (Å²) in [4.78, 5) is 26.4. The fourth-order valence-corrected chi connectivity index (χ4v) is 2.41. The number of hydrogen-bond donors (Lipinski definition) is 0.